The third-order valence-corrected chi connectivity index (χ3v) is 7.52. The van der Waals surface area contributed by atoms with Crippen LogP contribution in [0, 0.1) is 6.92 Å². The summed E-state index contributed by atoms with van der Waals surface area (Å²) in [5, 5.41) is 3.64. The Morgan fingerprint density at radius 2 is 1.94 bits per heavy atom. The molecule has 1 aliphatic heterocycles. The zero-order chi connectivity index (χ0) is 24.8. The Labute approximate surface area is 215 Å². The predicted molar refractivity (Wildman–Crippen MR) is 141 cm³/mol. The topological polar surface area (TPSA) is 66.9 Å². The molecule has 0 bridgehead atoms. The molecular weight excluding hydrogens is 484 g/mol. The van der Waals surface area contributed by atoms with Gasteiger partial charge in [0, 0.05) is 43.3 Å². The first-order chi connectivity index (χ1) is 17.0. The molecular formula is C26H31ClN4O3S. The van der Waals surface area contributed by atoms with E-state index >= 15 is 0 Å². The monoisotopic (exact) mass is 514 g/mol. The van der Waals surface area contributed by atoms with E-state index in [0.717, 1.165) is 66.9 Å². The first-order valence-electron chi connectivity index (χ1n) is 11.6. The number of amides is 1. The first-order valence-corrected chi connectivity index (χ1v) is 12.9. The standard InChI is InChI=1S/C26H31ClN4O3S/c1-18-20(6-4-7-21(18)27)26(32)28-15-24-25(29-17-35-24)31-11-5-10-30(12-13-31)16-19-8-9-22(33-2)23(14-19)34-3/h4,6-9,14,17H,5,10-13,15-16H2,1-3H3,(H,28,32). The third kappa shape index (κ3) is 6.07. The van der Waals surface area contributed by atoms with E-state index in [1.807, 2.05) is 24.6 Å². The molecule has 0 saturated carbocycles. The van der Waals surface area contributed by atoms with Crippen molar-refractivity contribution in [1.29, 1.82) is 0 Å². The van der Waals surface area contributed by atoms with Crippen molar-refractivity contribution in [1.82, 2.24) is 15.2 Å². The molecule has 1 amide bonds. The Morgan fingerprint density at radius 1 is 1.11 bits per heavy atom. The molecule has 0 spiro atoms. The number of hydrogen-bond donors (Lipinski definition) is 1. The maximum absolute atomic E-state index is 12.7. The molecule has 4 rings (SSSR count). The van der Waals surface area contributed by atoms with Gasteiger partial charge in [-0.05, 0) is 48.7 Å². The second kappa shape index (κ2) is 11.7. The summed E-state index contributed by atoms with van der Waals surface area (Å²) < 4.78 is 10.8. The van der Waals surface area contributed by atoms with Crippen molar-refractivity contribution in [3.63, 3.8) is 0 Å². The minimum absolute atomic E-state index is 0.124. The number of benzene rings is 2. The lowest BCUT2D eigenvalue weighted by molar-refractivity contribution is 0.0950. The highest BCUT2D eigenvalue weighted by Crippen LogP contribution is 2.29. The van der Waals surface area contributed by atoms with Gasteiger partial charge in [-0.15, -0.1) is 11.3 Å². The van der Waals surface area contributed by atoms with E-state index in [1.165, 1.54) is 5.56 Å². The number of carbonyl (C=O) groups is 1. The average Bonchev–Trinajstić information content (AvgIpc) is 3.22. The minimum Gasteiger partial charge on any atom is -0.493 e. The summed E-state index contributed by atoms with van der Waals surface area (Å²) in [6.07, 6.45) is 1.04. The molecule has 1 N–H and O–H groups in total. The van der Waals surface area contributed by atoms with E-state index in [2.05, 4.69) is 26.2 Å². The average molecular weight is 515 g/mol. The molecule has 7 nitrogen and oxygen atoms in total. The number of thiazole rings is 1. The van der Waals surface area contributed by atoms with Crippen LogP contribution in [-0.4, -0.2) is 56.2 Å². The highest BCUT2D eigenvalue weighted by molar-refractivity contribution is 7.10. The molecule has 0 unspecified atom stereocenters. The van der Waals surface area contributed by atoms with Gasteiger partial charge >= 0.3 is 0 Å². The van der Waals surface area contributed by atoms with Crippen LogP contribution in [0.4, 0.5) is 5.82 Å². The van der Waals surface area contributed by atoms with Crippen molar-refractivity contribution in [2.75, 3.05) is 45.3 Å². The molecule has 1 fully saturated rings. The Balaban J connectivity index is 1.36. The molecule has 2 heterocycles. The molecule has 1 saturated heterocycles. The number of methoxy groups -OCH3 is 2. The van der Waals surface area contributed by atoms with Crippen LogP contribution in [0.5, 0.6) is 11.5 Å². The number of anilines is 1. The van der Waals surface area contributed by atoms with Gasteiger partial charge in [-0.25, -0.2) is 4.98 Å². The van der Waals surface area contributed by atoms with E-state index in [9.17, 15) is 4.79 Å². The van der Waals surface area contributed by atoms with Crippen LogP contribution >= 0.6 is 22.9 Å². The molecule has 0 radical (unpaired) electrons. The third-order valence-electron chi connectivity index (χ3n) is 6.28. The van der Waals surface area contributed by atoms with Gasteiger partial charge in [0.15, 0.2) is 11.5 Å². The van der Waals surface area contributed by atoms with Gasteiger partial charge in [0.1, 0.15) is 5.82 Å². The Bertz CT molecular complexity index is 1170. The lowest BCUT2D eigenvalue weighted by atomic mass is 10.1. The van der Waals surface area contributed by atoms with Crippen molar-refractivity contribution in [2.45, 2.75) is 26.4 Å². The normalized spacial score (nSPS) is 14.5. The lowest BCUT2D eigenvalue weighted by Gasteiger charge is -2.23. The molecule has 1 aliphatic rings. The maximum Gasteiger partial charge on any atom is 0.251 e. The van der Waals surface area contributed by atoms with E-state index in [0.29, 0.717) is 17.1 Å². The SMILES string of the molecule is COc1ccc(CN2CCCN(c3ncsc3CNC(=O)c3cccc(Cl)c3C)CC2)cc1OC. The van der Waals surface area contributed by atoms with Crippen molar-refractivity contribution in [3.8, 4) is 11.5 Å². The summed E-state index contributed by atoms with van der Waals surface area (Å²) in [4.78, 5) is 23.2. The molecule has 2 aromatic carbocycles. The van der Waals surface area contributed by atoms with Crippen molar-refractivity contribution < 1.29 is 14.3 Å². The van der Waals surface area contributed by atoms with E-state index in [-0.39, 0.29) is 5.91 Å². The van der Waals surface area contributed by atoms with Gasteiger partial charge in [-0.3, -0.25) is 9.69 Å². The number of halogens is 1. The highest BCUT2D eigenvalue weighted by atomic mass is 35.5. The number of aromatic nitrogens is 1. The van der Waals surface area contributed by atoms with Crippen LogP contribution in [-0.2, 0) is 13.1 Å². The highest BCUT2D eigenvalue weighted by Gasteiger charge is 2.21. The number of hydrogen-bond acceptors (Lipinski definition) is 7. The summed E-state index contributed by atoms with van der Waals surface area (Å²) >= 11 is 7.75. The number of carbonyl (C=O) groups excluding carboxylic acids is 1. The van der Waals surface area contributed by atoms with Crippen LogP contribution in [0.3, 0.4) is 0 Å². The fourth-order valence-corrected chi connectivity index (χ4v) is 5.23. The molecule has 0 atom stereocenters. The first kappa shape index (κ1) is 25.3. The number of ether oxygens (including phenoxy) is 2. The Kier molecular flexibility index (Phi) is 8.49. The predicted octanol–water partition coefficient (Wildman–Crippen LogP) is 4.76. The van der Waals surface area contributed by atoms with Crippen LogP contribution < -0.4 is 19.7 Å². The van der Waals surface area contributed by atoms with Crippen LogP contribution in [0.2, 0.25) is 5.02 Å². The minimum atomic E-state index is -0.124. The maximum atomic E-state index is 12.7. The zero-order valence-corrected chi connectivity index (χ0v) is 21.9. The summed E-state index contributed by atoms with van der Waals surface area (Å²) in [5.41, 5.74) is 4.44. The second-order valence-corrected chi connectivity index (χ2v) is 9.85. The van der Waals surface area contributed by atoms with Crippen molar-refractivity contribution in [3.05, 3.63) is 68.5 Å². The number of nitrogens with zero attached hydrogens (tertiary/aromatic N) is 3. The van der Waals surface area contributed by atoms with Crippen molar-refractivity contribution >= 4 is 34.7 Å². The summed E-state index contributed by atoms with van der Waals surface area (Å²) in [5.74, 6) is 2.34. The number of rotatable bonds is 8. The van der Waals surface area contributed by atoms with Crippen LogP contribution in [0.1, 0.15) is 32.8 Å². The summed E-state index contributed by atoms with van der Waals surface area (Å²) in [7, 11) is 3.31. The van der Waals surface area contributed by atoms with Crippen molar-refractivity contribution in [2.24, 2.45) is 0 Å². The Morgan fingerprint density at radius 3 is 2.74 bits per heavy atom. The molecule has 186 valence electrons. The molecule has 3 aromatic rings. The number of nitrogens with one attached hydrogen (secondary N) is 1. The van der Waals surface area contributed by atoms with Gasteiger partial charge in [0.05, 0.1) is 31.2 Å². The molecule has 0 aliphatic carbocycles. The fraction of sp³-hybridized carbons (Fsp3) is 0.385. The van der Waals surface area contributed by atoms with Gasteiger partial charge in [0.25, 0.3) is 5.91 Å². The van der Waals surface area contributed by atoms with Gasteiger partial charge in [0.2, 0.25) is 0 Å². The van der Waals surface area contributed by atoms with Crippen LogP contribution in [0.25, 0.3) is 0 Å². The van der Waals surface area contributed by atoms with Gasteiger partial charge < -0.3 is 19.7 Å². The molecule has 9 heteroatoms. The summed E-state index contributed by atoms with van der Waals surface area (Å²) in [6, 6.07) is 11.5. The largest absolute Gasteiger partial charge is 0.493 e. The lowest BCUT2D eigenvalue weighted by Crippen LogP contribution is -2.31. The van der Waals surface area contributed by atoms with Gasteiger partial charge in [-0.1, -0.05) is 23.7 Å². The molecule has 35 heavy (non-hydrogen) atoms. The van der Waals surface area contributed by atoms with Crippen LogP contribution in [0.15, 0.2) is 41.9 Å². The van der Waals surface area contributed by atoms with E-state index < -0.39 is 0 Å². The summed E-state index contributed by atoms with van der Waals surface area (Å²) in [6.45, 7) is 6.91. The second-order valence-electron chi connectivity index (χ2n) is 8.50. The fourth-order valence-electron chi connectivity index (χ4n) is 4.33. The quantitative estimate of drug-likeness (QED) is 0.467. The Hall–Kier alpha value is -2.81. The van der Waals surface area contributed by atoms with E-state index in [1.54, 1.807) is 43.8 Å². The molecule has 1 aromatic heterocycles. The zero-order valence-electron chi connectivity index (χ0n) is 20.3. The smallest absolute Gasteiger partial charge is 0.251 e. The van der Waals surface area contributed by atoms with Gasteiger partial charge in [-0.2, -0.15) is 0 Å². The van der Waals surface area contributed by atoms with E-state index in [4.69, 9.17) is 21.1 Å².